The van der Waals surface area contributed by atoms with E-state index in [2.05, 4.69) is 0 Å². The summed E-state index contributed by atoms with van der Waals surface area (Å²) in [6.45, 7) is 3.88. The Bertz CT molecular complexity index is 951. The minimum absolute atomic E-state index is 0.100. The second kappa shape index (κ2) is 8.57. The quantitative estimate of drug-likeness (QED) is 0.730. The van der Waals surface area contributed by atoms with Crippen molar-refractivity contribution in [2.45, 2.75) is 19.4 Å². The molecule has 0 radical (unpaired) electrons. The van der Waals surface area contributed by atoms with Crippen LogP contribution in [-0.4, -0.2) is 60.6 Å². The maximum atomic E-state index is 13.0. The van der Waals surface area contributed by atoms with Crippen molar-refractivity contribution < 1.29 is 23.9 Å². The van der Waals surface area contributed by atoms with E-state index < -0.39 is 0 Å². The van der Waals surface area contributed by atoms with Gasteiger partial charge in [0.25, 0.3) is 5.91 Å². The van der Waals surface area contributed by atoms with Gasteiger partial charge in [-0.05, 0) is 36.2 Å². The molecule has 0 spiro atoms. The molecule has 2 aromatic carbocycles. The lowest BCUT2D eigenvalue weighted by molar-refractivity contribution is 0.0252. The first-order chi connectivity index (χ1) is 14.6. The third-order valence-electron chi connectivity index (χ3n) is 5.49. The van der Waals surface area contributed by atoms with Crippen LogP contribution in [-0.2, 0) is 15.9 Å². The summed E-state index contributed by atoms with van der Waals surface area (Å²) in [4.78, 5) is 40.6. The van der Waals surface area contributed by atoms with Gasteiger partial charge in [0.1, 0.15) is 6.10 Å². The molecule has 2 aliphatic rings. The molecule has 0 N–H and O–H groups in total. The highest BCUT2D eigenvalue weighted by atomic mass is 16.6. The Hall–Kier alpha value is -3.35. The fraction of sp³-hybridized carbons (Fsp3) is 0.348. The van der Waals surface area contributed by atoms with Crippen molar-refractivity contribution in [3.8, 4) is 0 Å². The monoisotopic (exact) mass is 408 g/mol. The van der Waals surface area contributed by atoms with Crippen LogP contribution in [0.3, 0.4) is 0 Å². The minimum Gasteiger partial charge on any atom is -0.454 e. The summed E-state index contributed by atoms with van der Waals surface area (Å²) in [5.74, 6) is -0.469. The largest absolute Gasteiger partial charge is 0.454 e. The number of benzene rings is 2. The van der Waals surface area contributed by atoms with Gasteiger partial charge in [-0.15, -0.1) is 0 Å². The molecular formula is C23H24N2O5. The van der Waals surface area contributed by atoms with Crippen molar-refractivity contribution in [2.24, 2.45) is 0 Å². The number of carbonyl (C=O) groups excluding carboxylic acids is 3. The van der Waals surface area contributed by atoms with E-state index in [0.29, 0.717) is 50.3 Å². The molecule has 1 saturated heterocycles. The summed E-state index contributed by atoms with van der Waals surface area (Å²) < 4.78 is 10.6. The molecule has 2 amide bonds. The lowest BCUT2D eigenvalue weighted by Gasteiger charge is -2.34. The van der Waals surface area contributed by atoms with Gasteiger partial charge < -0.3 is 19.3 Å². The molecule has 2 aliphatic heterocycles. The number of nitrogens with zero attached hydrogens (tertiary/aromatic N) is 2. The highest BCUT2D eigenvalue weighted by molar-refractivity contribution is 5.98. The zero-order chi connectivity index (χ0) is 21.1. The average molecular weight is 408 g/mol. The lowest BCUT2D eigenvalue weighted by atomic mass is 9.93. The number of hydrogen-bond donors (Lipinski definition) is 0. The third kappa shape index (κ3) is 4.01. The minimum atomic E-state index is -0.368. The van der Waals surface area contributed by atoms with Crippen LogP contribution in [0, 0.1) is 0 Å². The molecule has 156 valence electrons. The standard InChI is InChI=1S/C23H24N2O5/c1-2-29-23(28)25-12-10-24(11-13-25)21(26)17-8-9-19-18(14-17)15-20(30-22(19)27)16-6-4-3-5-7-16/h3-9,14,20H,2,10-13,15H2,1H3. The highest BCUT2D eigenvalue weighted by Gasteiger charge is 2.30. The number of rotatable bonds is 3. The van der Waals surface area contributed by atoms with Gasteiger partial charge in [-0.3, -0.25) is 4.79 Å². The Morgan fingerprint density at radius 2 is 1.73 bits per heavy atom. The summed E-state index contributed by atoms with van der Waals surface area (Å²) in [6.07, 6.45) is -0.170. The molecule has 1 unspecified atom stereocenters. The van der Waals surface area contributed by atoms with E-state index in [0.717, 1.165) is 11.1 Å². The van der Waals surface area contributed by atoms with Crippen LogP contribution >= 0.6 is 0 Å². The second-order valence-corrected chi connectivity index (χ2v) is 7.36. The lowest BCUT2D eigenvalue weighted by Crippen LogP contribution is -2.50. The molecule has 1 fully saturated rings. The number of ether oxygens (including phenoxy) is 2. The molecule has 30 heavy (non-hydrogen) atoms. The molecule has 4 rings (SSSR count). The first-order valence-corrected chi connectivity index (χ1v) is 10.2. The molecule has 7 nitrogen and oxygen atoms in total. The number of fused-ring (bicyclic) bond motifs is 1. The smallest absolute Gasteiger partial charge is 0.409 e. The number of hydrogen-bond acceptors (Lipinski definition) is 5. The van der Waals surface area contributed by atoms with E-state index in [1.165, 1.54) is 0 Å². The van der Waals surface area contributed by atoms with Crippen LogP contribution in [0.25, 0.3) is 0 Å². The zero-order valence-electron chi connectivity index (χ0n) is 16.9. The first kappa shape index (κ1) is 19.9. The Morgan fingerprint density at radius 3 is 2.43 bits per heavy atom. The predicted molar refractivity (Wildman–Crippen MR) is 109 cm³/mol. The summed E-state index contributed by atoms with van der Waals surface area (Å²) >= 11 is 0. The summed E-state index contributed by atoms with van der Waals surface area (Å²) in [6, 6.07) is 14.7. The molecule has 2 aromatic rings. The van der Waals surface area contributed by atoms with Crippen LogP contribution in [0.2, 0.25) is 0 Å². The SMILES string of the molecule is CCOC(=O)N1CCN(C(=O)c2ccc3c(c2)CC(c2ccccc2)OC3=O)CC1. The van der Waals surface area contributed by atoms with Gasteiger partial charge in [0, 0.05) is 38.2 Å². The van der Waals surface area contributed by atoms with Crippen LogP contribution in [0.5, 0.6) is 0 Å². The van der Waals surface area contributed by atoms with Gasteiger partial charge in [0.15, 0.2) is 0 Å². The van der Waals surface area contributed by atoms with Gasteiger partial charge in [-0.1, -0.05) is 30.3 Å². The van der Waals surface area contributed by atoms with E-state index in [1.807, 2.05) is 30.3 Å². The number of cyclic esters (lactones) is 1. The fourth-order valence-corrected chi connectivity index (χ4v) is 3.87. The van der Waals surface area contributed by atoms with Crippen molar-refractivity contribution in [2.75, 3.05) is 32.8 Å². The summed E-state index contributed by atoms with van der Waals surface area (Å²) in [5.41, 5.74) is 2.80. The first-order valence-electron chi connectivity index (χ1n) is 10.2. The van der Waals surface area contributed by atoms with Crippen LogP contribution in [0.4, 0.5) is 4.79 Å². The van der Waals surface area contributed by atoms with Gasteiger partial charge in [-0.2, -0.15) is 0 Å². The fourth-order valence-electron chi connectivity index (χ4n) is 3.87. The topological polar surface area (TPSA) is 76.2 Å². The van der Waals surface area contributed by atoms with Crippen molar-refractivity contribution >= 4 is 18.0 Å². The van der Waals surface area contributed by atoms with Crippen molar-refractivity contribution in [1.29, 1.82) is 0 Å². The van der Waals surface area contributed by atoms with Crippen LogP contribution in [0.1, 0.15) is 44.9 Å². The molecule has 2 heterocycles. The van der Waals surface area contributed by atoms with Gasteiger partial charge in [-0.25, -0.2) is 9.59 Å². The Balaban J connectivity index is 1.47. The average Bonchev–Trinajstić information content (AvgIpc) is 2.79. The van der Waals surface area contributed by atoms with Gasteiger partial charge in [0.2, 0.25) is 0 Å². The van der Waals surface area contributed by atoms with Gasteiger partial charge >= 0.3 is 12.1 Å². The molecule has 7 heteroatoms. The second-order valence-electron chi connectivity index (χ2n) is 7.36. The molecule has 0 bridgehead atoms. The van der Waals surface area contributed by atoms with Crippen molar-refractivity contribution in [3.05, 3.63) is 70.8 Å². The van der Waals surface area contributed by atoms with Crippen LogP contribution < -0.4 is 0 Å². The van der Waals surface area contributed by atoms with Crippen molar-refractivity contribution in [1.82, 2.24) is 9.80 Å². The number of esters is 1. The van der Waals surface area contributed by atoms with Crippen LogP contribution in [0.15, 0.2) is 48.5 Å². The van der Waals surface area contributed by atoms with E-state index in [9.17, 15) is 14.4 Å². The number of carbonyl (C=O) groups is 3. The molecular weight excluding hydrogens is 384 g/mol. The van der Waals surface area contributed by atoms with E-state index in [-0.39, 0.29) is 24.1 Å². The molecule has 0 aromatic heterocycles. The highest BCUT2D eigenvalue weighted by Crippen LogP contribution is 2.31. The molecule has 1 atom stereocenters. The van der Waals surface area contributed by atoms with E-state index in [1.54, 1.807) is 34.9 Å². The third-order valence-corrected chi connectivity index (χ3v) is 5.49. The van der Waals surface area contributed by atoms with Gasteiger partial charge in [0.05, 0.1) is 12.2 Å². The number of amides is 2. The maximum Gasteiger partial charge on any atom is 0.409 e. The summed E-state index contributed by atoms with van der Waals surface area (Å²) in [5, 5.41) is 0. The normalized spacial score (nSPS) is 18.4. The zero-order valence-corrected chi connectivity index (χ0v) is 16.9. The summed E-state index contributed by atoms with van der Waals surface area (Å²) in [7, 11) is 0. The van der Waals surface area contributed by atoms with E-state index >= 15 is 0 Å². The predicted octanol–water partition coefficient (Wildman–Crippen LogP) is 3.06. The Kier molecular flexibility index (Phi) is 5.70. The molecule has 0 aliphatic carbocycles. The van der Waals surface area contributed by atoms with Crippen molar-refractivity contribution in [3.63, 3.8) is 0 Å². The van der Waals surface area contributed by atoms with E-state index in [4.69, 9.17) is 9.47 Å². The Morgan fingerprint density at radius 1 is 1.03 bits per heavy atom. The Labute approximate surface area is 175 Å². The number of piperazine rings is 1. The molecule has 0 saturated carbocycles. The maximum absolute atomic E-state index is 13.0.